The molecule has 1 atom stereocenters. The van der Waals surface area contributed by atoms with Gasteiger partial charge in [-0.15, -0.1) is 0 Å². The summed E-state index contributed by atoms with van der Waals surface area (Å²) in [6, 6.07) is -0.848. The van der Waals surface area contributed by atoms with E-state index in [-0.39, 0.29) is 5.57 Å². The highest BCUT2D eigenvalue weighted by molar-refractivity contribution is 5.93. The number of hydrogen-bond acceptors (Lipinski definition) is 4. The van der Waals surface area contributed by atoms with Gasteiger partial charge in [-0.25, -0.2) is 9.59 Å². The molecule has 0 rings (SSSR count). The van der Waals surface area contributed by atoms with E-state index in [0.29, 0.717) is 0 Å². The average molecular weight is 216 g/mol. The minimum Gasteiger partial charge on any atom is -0.481 e. The molecule has 0 aliphatic rings. The molecule has 0 aliphatic carbocycles. The maximum Gasteiger partial charge on any atom is 0.335 e. The minimum absolute atomic E-state index is 0.208. The molecule has 0 spiro atoms. The Balaban J connectivity index is 4.07. The Morgan fingerprint density at radius 1 is 1.53 bits per heavy atom. The second kappa shape index (κ2) is 5.63. The highest BCUT2D eigenvalue weighted by Crippen LogP contribution is 2.02. The molecule has 0 saturated carbocycles. The second-order valence-corrected chi connectivity index (χ2v) is 2.73. The van der Waals surface area contributed by atoms with Crippen LogP contribution in [0.25, 0.3) is 0 Å². The highest BCUT2D eigenvalue weighted by atomic mass is 16.6. The lowest BCUT2D eigenvalue weighted by Crippen LogP contribution is -2.39. The van der Waals surface area contributed by atoms with Gasteiger partial charge in [0.15, 0.2) is 6.23 Å². The summed E-state index contributed by atoms with van der Waals surface area (Å²) in [6.07, 6.45) is -1.44. The van der Waals surface area contributed by atoms with Crippen LogP contribution < -0.4 is 11.1 Å². The molecular weight excluding hydrogens is 204 g/mol. The third-order valence-electron chi connectivity index (χ3n) is 1.28. The Morgan fingerprint density at radius 2 is 2.07 bits per heavy atom. The number of nitrogens with one attached hydrogen (secondary N) is 1. The molecule has 84 valence electrons. The van der Waals surface area contributed by atoms with Crippen LogP contribution in [0.5, 0.6) is 0 Å². The van der Waals surface area contributed by atoms with Crippen molar-refractivity contribution in [2.45, 2.75) is 19.6 Å². The van der Waals surface area contributed by atoms with Crippen LogP contribution in [0.15, 0.2) is 12.2 Å². The van der Waals surface area contributed by atoms with Gasteiger partial charge in [0.1, 0.15) is 0 Å². The number of carboxylic acids is 1. The first-order chi connectivity index (χ1) is 6.82. The summed E-state index contributed by atoms with van der Waals surface area (Å²) in [4.78, 5) is 31.7. The van der Waals surface area contributed by atoms with Crippen molar-refractivity contribution in [3.63, 3.8) is 0 Å². The summed E-state index contributed by atoms with van der Waals surface area (Å²) in [5.41, 5.74) is 4.56. The Hall–Kier alpha value is -2.05. The molecule has 0 bridgehead atoms. The van der Waals surface area contributed by atoms with Gasteiger partial charge in [0, 0.05) is 5.57 Å². The van der Waals surface area contributed by atoms with Crippen molar-refractivity contribution >= 4 is 18.0 Å². The lowest BCUT2D eigenvalue weighted by Gasteiger charge is -2.13. The summed E-state index contributed by atoms with van der Waals surface area (Å²) in [6.45, 7) is 4.60. The molecule has 0 aromatic heterocycles. The number of carboxylic acid groups (broad SMARTS) is 1. The van der Waals surface area contributed by atoms with Gasteiger partial charge in [-0.05, 0) is 6.92 Å². The van der Waals surface area contributed by atoms with Gasteiger partial charge in [0.2, 0.25) is 0 Å². The number of nitrogens with two attached hydrogens (primary N) is 1. The van der Waals surface area contributed by atoms with E-state index in [1.807, 2.05) is 0 Å². The maximum absolute atomic E-state index is 11.1. The molecule has 2 amide bonds. The van der Waals surface area contributed by atoms with Gasteiger partial charge < -0.3 is 20.9 Å². The zero-order valence-electron chi connectivity index (χ0n) is 8.15. The van der Waals surface area contributed by atoms with Crippen molar-refractivity contribution < 1.29 is 24.2 Å². The molecule has 0 heterocycles. The van der Waals surface area contributed by atoms with E-state index in [9.17, 15) is 14.4 Å². The molecule has 0 fully saturated rings. The third-order valence-corrected chi connectivity index (χ3v) is 1.28. The number of aliphatic carboxylic acids is 1. The predicted octanol–water partition coefficient (Wildman–Crippen LogP) is -0.425. The molecule has 0 aromatic rings. The second-order valence-electron chi connectivity index (χ2n) is 2.73. The van der Waals surface area contributed by atoms with Crippen LogP contribution in [-0.4, -0.2) is 29.3 Å². The number of esters is 1. The summed E-state index contributed by atoms with van der Waals surface area (Å²) in [5, 5.41) is 10.4. The van der Waals surface area contributed by atoms with Crippen molar-refractivity contribution in [3.05, 3.63) is 12.2 Å². The SMILES string of the molecule is C=C(CC(=O)O)C(=O)OC(C)NC(N)=O. The summed E-state index contributed by atoms with van der Waals surface area (Å²) in [7, 11) is 0. The molecule has 0 aliphatic heterocycles. The quantitative estimate of drug-likeness (QED) is 0.327. The maximum atomic E-state index is 11.1. The van der Waals surface area contributed by atoms with Gasteiger partial charge in [0.25, 0.3) is 0 Å². The van der Waals surface area contributed by atoms with Gasteiger partial charge in [0.05, 0.1) is 6.42 Å². The van der Waals surface area contributed by atoms with E-state index >= 15 is 0 Å². The standard InChI is InChI=1S/C8H12N2O5/c1-4(3-6(11)12)7(13)15-5(2)10-8(9)14/h5H,1,3H2,2H3,(H,11,12)(H3,9,10,14). The van der Waals surface area contributed by atoms with Crippen LogP contribution in [0.3, 0.4) is 0 Å². The number of hydrogen-bond donors (Lipinski definition) is 3. The zero-order valence-corrected chi connectivity index (χ0v) is 8.15. The fraction of sp³-hybridized carbons (Fsp3) is 0.375. The first-order valence-corrected chi connectivity index (χ1v) is 3.99. The third kappa shape index (κ3) is 6.08. The molecule has 7 nitrogen and oxygen atoms in total. The van der Waals surface area contributed by atoms with E-state index in [1.54, 1.807) is 0 Å². The normalized spacial score (nSPS) is 11.3. The Kier molecular flexibility index (Phi) is 4.86. The Labute approximate surface area is 85.9 Å². The molecule has 7 heteroatoms. The summed E-state index contributed by atoms with van der Waals surface area (Å²) in [5.74, 6) is -2.08. The van der Waals surface area contributed by atoms with E-state index in [1.165, 1.54) is 6.92 Å². The molecule has 0 radical (unpaired) electrons. The van der Waals surface area contributed by atoms with Crippen LogP contribution in [0.4, 0.5) is 4.79 Å². The van der Waals surface area contributed by atoms with Crippen molar-refractivity contribution in [2.75, 3.05) is 0 Å². The Morgan fingerprint density at radius 3 is 2.47 bits per heavy atom. The van der Waals surface area contributed by atoms with Crippen molar-refractivity contribution in [1.29, 1.82) is 0 Å². The monoisotopic (exact) mass is 216 g/mol. The number of amides is 2. The summed E-state index contributed by atoms with van der Waals surface area (Å²) < 4.78 is 4.61. The number of urea groups is 1. The number of carbonyl (C=O) groups excluding carboxylic acids is 2. The predicted molar refractivity (Wildman–Crippen MR) is 49.7 cm³/mol. The van der Waals surface area contributed by atoms with Gasteiger partial charge >= 0.3 is 18.0 Å². The highest BCUT2D eigenvalue weighted by Gasteiger charge is 2.15. The largest absolute Gasteiger partial charge is 0.481 e. The summed E-state index contributed by atoms with van der Waals surface area (Å²) >= 11 is 0. The molecule has 1 unspecified atom stereocenters. The van der Waals surface area contributed by atoms with E-state index in [0.717, 1.165) is 0 Å². The van der Waals surface area contributed by atoms with Gasteiger partial charge in [-0.3, -0.25) is 4.79 Å². The lowest BCUT2D eigenvalue weighted by atomic mass is 10.2. The number of primary amides is 1. The molecular formula is C8H12N2O5. The molecule has 4 N–H and O–H groups in total. The van der Waals surface area contributed by atoms with Gasteiger partial charge in [-0.1, -0.05) is 6.58 Å². The average Bonchev–Trinajstić information content (AvgIpc) is 2.00. The number of ether oxygens (including phenoxy) is 1. The number of carbonyl (C=O) groups is 3. The Bertz CT molecular complexity index is 299. The van der Waals surface area contributed by atoms with Crippen LogP contribution >= 0.6 is 0 Å². The minimum atomic E-state index is -1.19. The van der Waals surface area contributed by atoms with Gasteiger partial charge in [-0.2, -0.15) is 0 Å². The fourth-order valence-corrected chi connectivity index (χ4v) is 0.728. The van der Waals surface area contributed by atoms with E-state index in [2.05, 4.69) is 16.6 Å². The van der Waals surface area contributed by atoms with Crippen LogP contribution in [0.1, 0.15) is 13.3 Å². The molecule has 0 aromatic carbocycles. The van der Waals surface area contributed by atoms with Crippen LogP contribution in [0, 0.1) is 0 Å². The molecule has 0 saturated heterocycles. The fourth-order valence-electron chi connectivity index (χ4n) is 0.728. The smallest absolute Gasteiger partial charge is 0.335 e. The van der Waals surface area contributed by atoms with E-state index < -0.39 is 30.6 Å². The first-order valence-electron chi connectivity index (χ1n) is 3.99. The van der Waals surface area contributed by atoms with Crippen LogP contribution in [0.2, 0.25) is 0 Å². The van der Waals surface area contributed by atoms with Crippen molar-refractivity contribution in [2.24, 2.45) is 5.73 Å². The first kappa shape index (κ1) is 12.9. The lowest BCUT2D eigenvalue weighted by molar-refractivity contribution is -0.146. The molecule has 15 heavy (non-hydrogen) atoms. The van der Waals surface area contributed by atoms with Crippen LogP contribution in [-0.2, 0) is 14.3 Å². The zero-order chi connectivity index (χ0) is 12.0. The van der Waals surface area contributed by atoms with Crippen molar-refractivity contribution in [3.8, 4) is 0 Å². The van der Waals surface area contributed by atoms with Crippen molar-refractivity contribution in [1.82, 2.24) is 5.32 Å². The van der Waals surface area contributed by atoms with E-state index in [4.69, 9.17) is 10.8 Å². The number of rotatable bonds is 5. The topological polar surface area (TPSA) is 119 Å².